The minimum absolute atomic E-state index is 0.127. The van der Waals surface area contributed by atoms with Gasteiger partial charge in [-0.2, -0.15) is 0 Å². The lowest BCUT2D eigenvalue weighted by molar-refractivity contribution is -0.143. The Bertz CT molecular complexity index is 336. The minimum Gasteiger partial charge on any atom is -0.466 e. The van der Waals surface area contributed by atoms with Gasteiger partial charge in [-0.1, -0.05) is 0 Å². The molecule has 0 saturated heterocycles. The van der Waals surface area contributed by atoms with Gasteiger partial charge >= 0.3 is 12.1 Å². The van der Waals surface area contributed by atoms with Crippen molar-refractivity contribution in [1.82, 2.24) is 10.6 Å². The molecule has 2 amide bonds. The Balaban J connectivity index is 3.64. The van der Waals surface area contributed by atoms with Crippen LogP contribution in [-0.4, -0.2) is 43.3 Å². The maximum Gasteiger partial charge on any atom is 0.407 e. The zero-order valence-corrected chi connectivity index (χ0v) is 12.6. The van der Waals surface area contributed by atoms with E-state index >= 15 is 0 Å². The molecule has 2 N–H and O–H groups in total. The average molecular weight is 288 g/mol. The van der Waals surface area contributed by atoms with E-state index in [-0.39, 0.29) is 37.8 Å². The van der Waals surface area contributed by atoms with Crippen molar-refractivity contribution < 1.29 is 23.9 Å². The first kappa shape index (κ1) is 18.2. The van der Waals surface area contributed by atoms with Gasteiger partial charge in [-0.25, -0.2) is 4.79 Å². The quantitative estimate of drug-likeness (QED) is 0.681. The lowest BCUT2D eigenvalue weighted by atomic mass is 10.2. The predicted octanol–water partition coefficient (Wildman–Crippen LogP) is 0.971. The van der Waals surface area contributed by atoms with Crippen molar-refractivity contribution in [1.29, 1.82) is 0 Å². The molecule has 0 aliphatic heterocycles. The van der Waals surface area contributed by atoms with Gasteiger partial charge < -0.3 is 20.1 Å². The Morgan fingerprint density at radius 3 is 2.15 bits per heavy atom. The minimum atomic E-state index is -0.564. The smallest absolute Gasteiger partial charge is 0.407 e. The standard InChI is InChI=1S/C13H24N2O5/c1-5-19-11(17)7-9-14-10(16)6-8-15-12(18)20-13(2,3)4/h5-9H2,1-4H3,(H,14,16)(H,15,18). The molecule has 0 heterocycles. The third-order valence-corrected chi connectivity index (χ3v) is 1.98. The zero-order valence-electron chi connectivity index (χ0n) is 12.6. The number of hydrogen-bond acceptors (Lipinski definition) is 5. The number of alkyl carbamates (subject to hydrolysis) is 1. The van der Waals surface area contributed by atoms with Gasteiger partial charge in [-0.3, -0.25) is 9.59 Å². The molecule has 116 valence electrons. The number of amides is 2. The lowest BCUT2D eigenvalue weighted by Gasteiger charge is -2.19. The molecule has 0 aromatic heterocycles. The first-order chi connectivity index (χ1) is 9.24. The van der Waals surface area contributed by atoms with Gasteiger partial charge in [0.25, 0.3) is 0 Å². The molecular formula is C13H24N2O5. The summed E-state index contributed by atoms with van der Waals surface area (Å²) in [7, 11) is 0. The molecule has 0 aromatic carbocycles. The van der Waals surface area contributed by atoms with Crippen LogP contribution in [0.5, 0.6) is 0 Å². The van der Waals surface area contributed by atoms with Gasteiger partial charge in [0.05, 0.1) is 13.0 Å². The van der Waals surface area contributed by atoms with Crippen molar-refractivity contribution in [3.05, 3.63) is 0 Å². The third kappa shape index (κ3) is 11.3. The molecule has 7 nitrogen and oxygen atoms in total. The van der Waals surface area contributed by atoms with Gasteiger partial charge in [-0.15, -0.1) is 0 Å². The molecule has 0 unspecified atom stereocenters. The van der Waals surface area contributed by atoms with Gasteiger partial charge in [-0.05, 0) is 27.7 Å². The second-order valence-electron chi connectivity index (χ2n) is 5.08. The van der Waals surface area contributed by atoms with Crippen molar-refractivity contribution in [2.24, 2.45) is 0 Å². The zero-order chi connectivity index (χ0) is 15.6. The van der Waals surface area contributed by atoms with Gasteiger partial charge in [0, 0.05) is 19.5 Å². The number of nitrogens with one attached hydrogen (secondary N) is 2. The van der Waals surface area contributed by atoms with E-state index in [9.17, 15) is 14.4 Å². The third-order valence-electron chi connectivity index (χ3n) is 1.98. The summed E-state index contributed by atoms with van der Waals surface area (Å²) in [6.45, 7) is 7.73. The summed E-state index contributed by atoms with van der Waals surface area (Å²) in [5, 5.41) is 5.04. The van der Waals surface area contributed by atoms with Crippen LogP contribution in [-0.2, 0) is 19.1 Å². The Kier molecular flexibility index (Phi) is 8.35. The molecule has 0 fully saturated rings. The lowest BCUT2D eigenvalue weighted by Crippen LogP contribution is -2.35. The SMILES string of the molecule is CCOC(=O)CCNC(=O)CCNC(=O)OC(C)(C)C. The van der Waals surface area contributed by atoms with E-state index in [0.29, 0.717) is 6.61 Å². The second kappa shape index (κ2) is 9.17. The van der Waals surface area contributed by atoms with Crippen LogP contribution in [0.4, 0.5) is 4.79 Å². The monoisotopic (exact) mass is 288 g/mol. The van der Waals surface area contributed by atoms with Crippen LogP contribution in [0.3, 0.4) is 0 Å². The predicted molar refractivity (Wildman–Crippen MR) is 73.1 cm³/mol. The highest BCUT2D eigenvalue weighted by molar-refractivity contribution is 5.78. The summed E-state index contributed by atoms with van der Waals surface area (Å²) in [6.07, 6.45) is -0.293. The molecule has 0 aliphatic rings. The van der Waals surface area contributed by atoms with E-state index in [2.05, 4.69) is 10.6 Å². The van der Waals surface area contributed by atoms with Crippen LogP contribution in [0.25, 0.3) is 0 Å². The Morgan fingerprint density at radius 1 is 1.00 bits per heavy atom. The Hall–Kier alpha value is -1.79. The summed E-state index contributed by atoms with van der Waals surface area (Å²) < 4.78 is 9.73. The first-order valence-corrected chi connectivity index (χ1v) is 6.63. The van der Waals surface area contributed by atoms with Crippen molar-refractivity contribution in [2.75, 3.05) is 19.7 Å². The molecule has 0 aliphatic carbocycles. The first-order valence-electron chi connectivity index (χ1n) is 6.63. The van der Waals surface area contributed by atoms with Crippen LogP contribution in [0, 0.1) is 0 Å². The molecule has 0 rings (SSSR count). The molecule has 0 spiro atoms. The maximum absolute atomic E-state index is 11.4. The van der Waals surface area contributed by atoms with Crippen molar-refractivity contribution in [3.63, 3.8) is 0 Å². The van der Waals surface area contributed by atoms with Crippen molar-refractivity contribution in [3.8, 4) is 0 Å². The molecule has 0 saturated carbocycles. The topological polar surface area (TPSA) is 93.7 Å². The normalized spacial score (nSPS) is 10.6. The number of carbonyl (C=O) groups excluding carboxylic acids is 3. The second-order valence-corrected chi connectivity index (χ2v) is 5.08. The number of ether oxygens (including phenoxy) is 2. The summed E-state index contributed by atoms with van der Waals surface area (Å²) in [5.41, 5.74) is -0.564. The molecular weight excluding hydrogens is 264 g/mol. The van der Waals surface area contributed by atoms with E-state index in [0.717, 1.165) is 0 Å². The molecule has 20 heavy (non-hydrogen) atoms. The fraction of sp³-hybridized carbons (Fsp3) is 0.769. The van der Waals surface area contributed by atoms with E-state index in [4.69, 9.17) is 9.47 Å². The molecule has 0 aromatic rings. The van der Waals surface area contributed by atoms with Crippen molar-refractivity contribution in [2.45, 2.75) is 46.1 Å². The summed E-state index contributed by atoms with van der Waals surface area (Å²) in [4.78, 5) is 33.7. The molecule has 7 heteroatoms. The Morgan fingerprint density at radius 2 is 1.60 bits per heavy atom. The van der Waals surface area contributed by atoms with Gasteiger partial charge in [0.1, 0.15) is 5.60 Å². The fourth-order valence-electron chi connectivity index (χ4n) is 1.22. The maximum atomic E-state index is 11.4. The fourth-order valence-corrected chi connectivity index (χ4v) is 1.22. The summed E-state index contributed by atoms with van der Waals surface area (Å²) >= 11 is 0. The van der Waals surface area contributed by atoms with Crippen LogP contribution in [0.1, 0.15) is 40.5 Å². The van der Waals surface area contributed by atoms with E-state index in [1.54, 1.807) is 27.7 Å². The van der Waals surface area contributed by atoms with E-state index in [1.807, 2.05) is 0 Å². The summed E-state index contributed by atoms with van der Waals surface area (Å²) in [5.74, 6) is -0.593. The average Bonchev–Trinajstić information content (AvgIpc) is 2.26. The van der Waals surface area contributed by atoms with Gasteiger partial charge in [0.2, 0.25) is 5.91 Å². The number of carbonyl (C=O) groups is 3. The van der Waals surface area contributed by atoms with Gasteiger partial charge in [0.15, 0.2) is 0 Å². The highest BCUT2D eigenvalue weighted by atomic mass is 16.6. The van der Waals surface area contributed by atoms with Crippen LogP contribution in [0.2, 0.25) is 0 Å². The van der Waals surface area contributed by atoms with E-state index in [1.165, 1.54) is 0 Å². The number of hydrogen-bond donors (Lipinski definition) is 2. The number of rotatable bonds is 7. The number of esters is 1. The highest BCUT2D eigenvalue weighted by Crippen LogP contribution is 2.06. The molecule has 0 atom stereocenters. The van der Waals surface area contributed by atoms with Crippen LogP contribution < -0.4 is 10.6 Å². The summed E-state index contributed by atoms with van der Waals surface area (Å²) in [6, 6.07) is 0. The van der Waals surface area contributed by atoms with Crippen LogP contribution >= 0.6 is 0 Å². The van der Waals surface area contributed by atoms with Crippen molar-refractivity contribution >= 4 is 18.0 Å². The van der Waals surface area contributed by atoms with E-state index < -0.39 is 11.7 Å². The largest absolute Gasteiger partial charge is 0.466 e. The highest BCUT2D eigenvalue weighted by Gasteiger charge is 2.15. The molecule has 0 radical (unpaired) electrons. The Labute approximate surface area is 119 Å². The molecule has 0 bridgehead atoms. The van der Waals surface area contributed by atoms with Crippen LogP contribution in [0.15, 0.2) is 0 Å².